The van der Waals surface area contributed by atoms with E-state index in [0.29, 0.717) is 0 Å². The Labute approximate surface area is 108 Å². The predicted molar refractivity (Wildman–Crippen MR) is 79.1 cm³/mol. The molecular formula is C16H18N2. The molecule has 0 atom stereocenters. The van der Waals surface area contributed by atoms with Gasteiger partial charge in [-0.05, 0) is 30.2 Å². The summed E-state index contributed by atoms with van der Waals surface area (Å²) in [4.78, 5) is 0. The molecule has 2 N–H and O–H groups in total. The maximum absolute atomic E-state index is 3.36. The lowest BCUT2D eigenvalue weighted by Gasteiger charge is -2.04. The van der Waals surface area contributed by atoms with Gasteiger partial charge in [-0.3, -0.25) is 0 Å². The second-order valence-electron chi connectivity index (χ2n) is 3.97. The summed E-state index contributed by atoms with van der Waals surface area (Å²) in [6.07, 6.45) is 17.1. The van der Waals surface area contributed by atoms with Crippen molar-refractivity contribution >= 4 is 11.8 Å². The SMILES string of the molecule is C1=CC=CNC=C1.C1=Cc2ccccc2NCC1. The number of benzene rings is 1. The number of rotatable bonds is 0. The van der Waals surface area contributed by atoms with Crippen LogP contribution in [0.1, 0.15) is 12.0 Å². The van der Waals surface area contributed by atoms with Crippen molar-refractivity contribution in [3.63, 3.8) is 0 Å². The minimum Gasteiger partial charge on any atom is -0.384 e. The van der Waals surface area contributed by atoms with E-state index in [-0.39, 0.29) is 0 Å². The molecule has 0 saturated heterocycles. The molecule has 0 saturated carbocycles. The van der Waals surface area contributed by atoms with Gasteiger partial charge in [0.05, 0.1) is 0 Å². The molecule has 3 rings (SSSR count). The second kappa shape index (κ2) is 7.17. The van der Waals surface area contributed by atoms with Gasteiger partial charge in [0, 0.05) is 24.6 Å². The molecule has 1 aromatic carbocycles. The van der Waals surface area contributed by atoms with Crippen molar-refractivity contribution in [3.05, 3.63) is 72.6 Å². The van der Waals surface area contributed by atoms with Crippen LogP contribution >= 0.6 is 0 Å². The quantitative estimate of drug-likeness (QED) is 0.720. The third-order valence-electron chi connectivity index (χ3n) is 2.60. The molecule has 2 aliphatic rings. The van der Waals surface area contributed by atoms with E-state index in [0.717, 1.165) is 13.0 Å². The van der Waals surface area contributed by atoms with Crippen LogP contribution in [-0.4, -0.2) is 6.54 Å². The molecule has 92 valence electrons. The number of allylic oxidation sites excluding steroid dienone is 4. The van der Waals surface area contributed by atoms with Crippen LogP contribution in [0.25, 0.3) is 6.08 Å². The van der Waals surface area contributed by atoms with Crippen molar-refractivity contribution in [1.29, 1.82) is 0 Å². The van der Waals surface area contributed by atoms with Crippen LogP contribution in [0.15, 0.2) is 67.0 Å². The molecule has 0 unspecified atom stereocenters. The van der Waals surface area contributed by atoms with Gasteiger partial charge in [0.1, 0.15) is 0 Å². The van der Waals surface area contributed by atoms with Crippen LogP contribution in [0.2, 0.25) is 0 Å². The third-order valence-corrected chi connectivity index (χ3v) is 2.60. The van der Waals surface area contributed by atoms with Crippen LogP contribution in [0.4, 0.5) is 5.69 Å². The number of nitrogens with one attached hydrogen (secondary N) is 2. The zero-order valence-corrected chi connectivity index (χ0v) is 10.3. The molecule has 2 heterocycles. The van der Waals surface area contributed by atoms with Gasteiger partial charge >= 0.3 is 0 Å². The van der Waals surface area contributed by atoms with Crippen molar-refractivity contribution in [3.8, 4) is 0 Å². The Bertz CT molecular complexity index is 468. The van der Waals surface area contributed by atoms with Gasteiger partial charge in [0.2, 0.25) is 0 Å². The van der Waals surface area contributed by atoms with Crippen molar-refractivity contribution in [2.24, 2.45) is 0 Å². The number of hydrogen-bond donors (Lipinski definition) is 2. The zero-order chi connectivity index (χ0) is 12.5. The summed E-state index contributed by atoms with van der Waals surface area (Å²) in [5.74, 6) is 0. The van der Waals surface area contributed by atoms with E-state index in [1.54, 1.807) is 0 Å². The second-order valence-corrected chi connectivity index (χ2v) is 3.97. The first kappa shape index (κ1) is 12.2. The molecule has 0 fully saturated rings. The number of fused-ring (bicyclic) bond motifs is 1. The monoisotopic (exact) mass is 238 g/mol. The van der Waals surface area contributed by atoms with Gasteiger partial charge in [-0.25, -0.2) is 0 Å². The highest BCUT2D eigenvalue weighted by atomic mass is 14.9. The zero-order valence-electron chi connectivity index (χ0n) is 10.3. The summed E-state index contributed by atoms with van der Waals surface area (Å²) in [5.41, 5.74) is 2.55. The maximum atomic E-state index is 3.36. The Hall–Kier alpha value is -2.22. The maximum Gasteiger partial charge on any atom is 0.0413 e. The summed E-state index contributed by atoms with van der Waals surface area (Å²) >= 11 is 0. The first-order chi connectivity index (χ1) is 8.97. The molecule has 0 bridgehead atoms. The normalized spacial score (nSPS) is 15.3. The van der Waals surface area contributed by atoms with Crippen LogP contribution in [0.3, 0.4) is 0 Å². The fourth-order valence-corrected chi connectivity index (χ4v) is 1.71. The van der Waals surface area contributed by atoms with Crippen molar-refractivity contribution in [2.75, 3.05) is 11.9 Å². The van der Waals surface area contributed by atoms with E-state index < -0.39 is 0 Å². The molecular weight excluding hydrogens is 220 g/mol. The van der Waals surface area contributed by atoms with Crippen molar-refractivity contribution in [2.45, 2.75) is 6.42 Å². The van der Waals surface area contributed by atoms with Crippen molar-refractivity contribution in [1.82, 2.24) is 5.32 Å². The molecule has 2 nitrogen and oxygen atoms in total. The summed E-state index contributed by atoms with van der Waals surface area (Å²) in [5, 5.41) is 6.29. The molecule has 0 spiro atoms. The lowest BCUT2D eigenvalue weighted by molar-refractivity contribution is 1.08. The molecule has 0 amide bonds. The molecule has 1 aromatic rings. The van der Waals surface area contributed by atoms with E-state index in [1.807, 2.05) is 36.7 Å². The van der Waals surface area contributed by atoms with Gasteiger partial charge in [-0.15, -0.1) is 0 Å². The van der Waals surface area contributed by atoms with Gasteiger partial charge in [-0.2, -0.15) is 0 Å². The van der Waals surface area contributed by atoms with Crippen LogP contribution in [0.5, 0.6) is 0 Å². The highest BCUT2D eigenvalue weighted by Gasteiger charge is 1.98. The molecule has 0 radical (unpaired) electrons. The summed E-state index contributed by atoms with van der Waals surface area (Å²) in [6.45, 7) is 1.05. The lowest BCUT2D eigenvalue weighted by atomic mass is 10.2. The van der Waals surface area contributed by atoms with E-state index in [4.69, 9.17) is 0 Å². The number of hydrogen-bond acceptors (Lipinski definition) is 2. The molecule has 2 aliphatic heterocycles. The summed E-state index contributed by atoms with van der Waals surface area (Å²) in [6, 6.07) is 8.37. The Kier molecular flexibility index (Phi) is 4.88. The molecule has 2 heteroatoms. The fraction of sp³-hybridized carbons (Fsp3) is 0.125. The van der Waals surface area contributed by atoms with E-state index in [2.05, 4.69) is 47.1 Å². The number of anilines is 1. The highest BCUT2D eigenvalue weighted by Crippen LogP contribution is 2.18. The first-order valence-electron chi connectivity index (χ1n) is 6.21. The Morgan fingerprint density at radius 2 is 1.67 bits per heavy atom. The summed E-state index contributed by atoms with van der Waals surface area (Å²) < 4.78 is 0. The largest absolute Gasteiger partial charge is 0.384 e. The topological polar surface area (TPSA) is 24.1 Å². The minimum atomic E-state index is 1.05. The Balaban J connectivity index is 0.000000149. The van der Waals surface area contributed by atoms with E-state index >= 15 is 0 Å². The van der Waals surface area contributed by atoms with Gasteiger partial charge in [0.15, 0.2) is 0 Å². The average Bonchev–Trinajstić information content (AvgIpc) is 2.84. The first-order valence-corrected chi connectivity index (χ1v) is 6.21. The fourth-order valence-electron chi connectivity index (χ4n) is 1.71. The van der Waals surface area contributed by atoms with Crippen molar-refractivity contribution < 1.29 is 0 Å². The number of para-hydroxylation sites is 1. The Morgan fingerprint density at radius 1 is 0.889 bits per heavy atom. The van der Waals surface area contributed by atoms with Gasteiger partial charge < -0.3 is 10.6 Å². The average molecular weight is 238 g/mol. The van der Waals surface area contributed by atoms with Gasteiger partial charge in [-0.1, -0.05) is 42.5 Å². The Morgan fingerprint density at radius 3 is 2.50 bits per heavy atom. The van der Waals surface area contributed by atoms with Crippen LogP contribution < -0.4 is 10.6 Å². The van der Waals surface area contributed by atoms with Gasteiger partial charge in [0.25, 0.3) is 0 Å². The third kappa shape index (κ3) is 3.98. The minimum absolute atomic E-state index is 1.05. The van der Waals surface area contributed by atoms with E-state index in [1.165, 1.54) is 11.3 Å². The molecule has 0 aliphatic carbocycles. The molecule has 0 aromatic heterocycles. The predicted octanol–water partition coefficient (Wildman–Crippen LogP) is 3.69. The van der Waals surface area contributed by atoms with E-state index in [9.17, 15) is 0 Å². The smallest absolute Gasteiger partial charge is 0.0413 e. The van der Waals surface area contributed by atoms with Crippen LogP contribution in [-0.2, 0) is 0 Å². The lowest BCUT2D eigenvalue weighted by Crippen LogP contribution is -1.98. The highest BCUT2D eigenvalue weighted by molar-refractivity contribution is 5.67. The standard InChI is InChI=1S/C10H11N.C6H7N/c1-2-7-10-9(5-1)6-3-4-8-11-10;1-2-4-6-7-5-3-1/h1-3,5-7,11H,4,8H2;1-7H. The molecule has 18 heavy (non-hydrogen) atoms. The summed E-state index contributed by atoms with van der Waals surface area (Å²) in [7, 11) is 0. The van der Waals surface area contributed by atoms with Crippen LogP contribution in [0, 0.1) is 0 Å².